The van der Waals surface area contributed by atoms with E-state index in [-0.39, 0.29) is 48.8 Å². The van der Waals surface area contributed by atoms with Crippen LogP contribution in [0.1, 0.15) is 257 Å². The molecule has 0 heterocycles. The van der Waals surface area contributed by atoms with Gasteiger partial charge in [0.05, 0.1) is 45.3 Å². The molecular weight excluding hydrogens is 788 g/mol. The van der Waals surface area contributed by atoms with Crippen molar-refractivity contribution in [3.63, 3.8) is 0 Å². The summed E-state index contributed by atoms with van der Waals surface area (Å²) in [5.74, 6) is 3.72. The van der Waals surface area contributed by atoms with E-state index in [2.05, 4.69) is 0 Å². The maximum atomic E-state index is 1.86. The number of rotatable bonds is 12. The molecule has 0 aromatic carbocycles. The fourth-order valence-electron chi connectivity index (χ4n) is 14.7. The van der Waals surface area contributed by atoms with Crippen LogP contribution in [-0.4, -0.2) is 57.1 Å². The van der Waals surface area contributed by atoms with E-state index in [0.717, 1.165) is 0 Å². The first kappa shape index (κ1) is 46.7. The monoisotopic (exact) mass is 884 g/mol. The second-order valence-corrected chi connectivity index (χ2v) is 35.3. The molecular formula is C50H96CuP4+5. The zero-order valence-electron chi connectivity index (χ0n) is 36.6. The van der Waals surface area contributed by atoms with Gasteiger partial charge in [-0.3, -0.25) is 0 Å². The van der Waals surface area contributed by atoms with Gasteiger partial charge in [0, 0.05) is 31.7 Å². The van der Waals surface area contributed by atoms with Crippen molar-refractivity contribution >= 4 is 31.7 Å². The number of hydrogen-bond donors (Lipinski definition) is 0. The molecule has 0 N–H and O–H groups in total. The molecule has 55 heavy (non-hydrogen) atoms. The van der Waals surface area contributed by atoms with Crippen molar-refractivity contribution in [2.45, 2.75) is 302 Å². The summed E-state index contributed by atoms with van der Waals surface area (Å²) in [5.41, 5.74) is 9.88. The van der Waals surface area contributed by atoms with Crippen LogP contribution in [0, 0.1) is 0 Å². The van der Waals surface area contributed by atoms with Crippen molar-refractivity contribution in [2.75, 3.05) is 11.8 Å². The third-order valence-corrected chi connectivity index (χ3v) is 37.4. The Morgan fingerprint density at radius 1 is 0.182 bits per heavy atom. The third-order valence-electron chi connectivity index (χ3n) is 17.9. The molecule has 0 saturated heterocycles. The van der Waals surface area contributed by atoms with Crippen molar-refractivity contribution in [3.05, 3.63) is 0 Å². The van der Waals surface area contributed by atoms with E-state index in [4.69, 9.17) is 0 Å². The van der Waals surface area contributed by atoms with Crippen molar-refractivity contribution in [2.24, 2.45) is 0 Å². The molecule has 0 aromatic heterocycles. The standard InChI is InChI=1S/2C25H46P2.Cu/c2*1-5-13-22(14-6-1)26(23-15-7-2-8-16-23)21-27(24-17-9-3-10-18-24)25-19-11-4-12-20-25;/h2*22-25H,1-21H2;/q;;+1/p+4. The minimum Gasteiger partial charge on any atom is -0.0530 e. The van der Waals surface area contributed by atoms with Crippen LogP contribution in [0.2, 0.25) is 0 Å². The van der Waals surface area contributed by atoms with E-state index in [1.165, 1.54) is 45.3 Å². The predicted molar refractivity (Wildman–Crippen MR) is 258 cm³/mol. The van der Waals surface area contributed by atoms with Crippen molar-refractivity contribution < 1.29 is 17.1 Å². The van der Waals surface area contributed by atoms with Crippen LogP contribution < -0.4 is 0 Å². The van der Waals surface area contributed by atoms with Crippen LogP contribution in [0.5, 0.6) is 0 Å². The second-order valence-electron chi connectivity index (χ2n) is 21.3. The van der Waals surface area contributed by atoms with E-state index in [1.807, 2.05) is 11.8 Å². The van der Waals surface area contributed by atoms with E-state index < -0.39 is 0 Å². The first-order chi connectivity index (χ1) is 26.8. The van der Waals surface area contributed by atoms with Gasteiger partial charge in [-0.2, -0.15) is 0 Å². The Balaban J connectivity index is 0.000000184. The molecule has 0 unspecified atom stereocenters. The third kappa shape index (κ3) is 14.7. The Hall–Kier alpha value is 2.24. The van der Waals surface area contributed by atoms with E-state index in [0.29, 0.717) is 0 Å². The number of hydrogen-bond acceptors (Lipinski definition) is 0. The molecule has 0 nitrogen and oxygen atoms in total. The summed E-state index contributed by atoms with van der Waals surface area (Å²) in [5, 5.41) is 0. The minimum atomic E-state index is -0.0959. The summed E-state index contributed by atoms with van der Waals surface area (Å²) >= 11 is 0. The van der Waals surface area contributed by atoms with Gasteiger partial charge in [-0.1, -0.05) is 51.4 Å². The van der Waals surface area contributed by atoms with Gasteiger partial charge in [-0.05, 0) is 205 Å². The van der Waals surface area contributed by atoms with Gasteiger partial charge in [-0.25, -0.2) is 0 Å². The summed E-state index contributed by atoms with van der Waals surface area (Å²) in [6, 6.07) is 0. The van der Waals surface area contributed by atoms with Crippen LogP contribution in [-0.2, 0) is 17.1 Å². The summed E-state index contributed by atoms with van der Waals surface area (Å²) in [7, 11) is -0.384. The first-order valence-electron chi connectivity index (χ1n) is 26.3. The van der Waals surface area contributed by atoms with Crippen molar-refractivity contribution in [1.29, 1.82) is 0 Å². The average Bonchev–Trinajstić information content (AvgIpc) is 3.27. The SMILES string of the molecule is C1CCC([PH+](C[PH+](C2CCCCC2)C2CCCCC2)C2CCCCC2)CC1.C1CCC([PH+](C[PH+](C2CCCCC2)C2CCCCC2)C2CCCCC2)CC1.[Cu+]. The Kier molecular flexibility index (Phi) is 22.6. The van der Waals surface area contributed by atoms with Gasteiger partial charge in [-0.15, -0.1) is 0 Å². The summed E-state index contributed by atoms with van der Waals surface area (Å²) in [6.45, 7) is 0. The average molecular weight is 885 g/mol. The molecule has 8 aliphatic rings. The predicted octanol–water partition coefficient (Wildman–Crippen LogP) is 17.4. The Bertz CT molecular complexity index is 734. The van der Waals surface area contributed by atoms with Gasteiger partial charge >= 0.3 is 17.1 Å². The minimum absolute atomic E-state index is 0. The molecule has 0 amide bonds. The molecule has 0 bridgehead atoms. The maximum absolute atomic E-state index is 1.86. The fourth-order valence-corrected chi connectivity index (χ4v) is 39.6. The van der Waals surface area contributed by atoms with Crippen LogP contribution in [0.15, 0.2) is 0 Å². The van der Waals surface area contributed by atoms with Crippen molar-refractivity contribution in [3.8, 4) is 0 Å². The summed E-state index contributed by atoms with van der Waals surface area (Å²) < 4.78 is 0. The van der Waals surface area contributed by atoms with Crippen LogP contribution in [0.25, 0.3) is 0 Å². The van der Waals surface area contributed by atoms with Gasteiger partial charge in [0.1, 0.15) is 0 Å². The quantitative estimate of drug-likeness (QED) is 0.135. The molecule has 322 valence electrons. The topological polar surface area (TPSA) is 0 Å². The fraction of sp³-hybridized carbons (Fsp3) is 1.00. The Labute approximate surface area is 360 Å². The maximum Gasteiger partial charge on any atom is 1.00 e. The molecule has 8 rings (SSSR count). The Morgan fingerprint density at radius 2 is 0.291 bits per heavy atom. The summed E-state index contributed by atoms with van der Waals surface area (Å²) in [4.78, 5) is 0. The normalized spacial score (nSPS) is 27.7. The van der Waals surface area contributed by atoms with Crippen LogP contribution >= 0.6 is 31.7 Å². The second kappa shape index (κ2) is 26.7. The van der Waals surface area contributed by atoms with Gasteiger partial charge in [0.2, 0.25) is 0 Å². The first-order valence-corrected chi connectivity index (χ1v) is 33.7. The van der Waals surface area contributed by atoms with Crippen LogP contribution in [0.3, 0.4) is 0 Å². The molecule has 8 fully saturated rings. The largest absolute Gasteiger partial charge is 1.00 e. The molecule has 0 radical (unpaired) electrons. The van der Waals surface area contributed by atoms with Gasteiger partial charge < -0.3 is 0 Å². The summed E-state index contributed by atoms with van der Waals surface area (Å²) in [6.07, 6.45) is 64.1. The molecule has 8 aliphatic carbocycles. The van der Waals surface area contributed by atoms with Crippen LogP contribution in [0.4, 0.5) is 0 Å². The van der Waals surface area contributed by atoms with E-state index in [1.54, 1.807) is 257 Å². The zero-order valence-corrected chi connectivity index (χ0v) is 41.6. The Morgan fingerprint density at radius 3 is 0.400 bits per heavy atom. The molecule has 8 saturated carbocycles. The molecule has 0 aliphatic heterocycles. The molecule has 0 aromatic rings. The van der Waals surface area contributed by atoms with Gasteiger partial charge in [0.25, 0.3) is 0 Å². The van der Waals surface area contributed by atoms with E-state index >= 15 is 0 Å². The molecule has 0 atom stereocenters. The van der Waals surface area contributed by atoms with Crippen molar-refractivity contribution in [1.82, 2.24) is 0 Å². The van der Waals surface area contributed by atoms with E-state index in [9.17, 15) is 0 Å². The smallest absolute Gasteiger partial charge is 0.0530 e. The molecule has 0 spiro atoms. The molecule has 5 heteroatoms. The zero-order chi connectivity index (χ0) is 36.6. The van der Waals surface area contributed by atoms with Gasteiger partial charge in [0.15, 0.2) is 11.8 Å².